The molecule has 0 aliphatic carbocycles. The van der Waals surface area contributed by atoms with Gasteiger partial charge in [-0.05, 0) is 39.7 Å². The smallest absolute Gasteiger partial charge is 0.254 e. The monoisotopic (exact) mass is 278 g/mol. The van der Waals surface area contributed by atoms with Crippen LogP contribution in [0.15, 0.2) is 16.0 Å². The Morgan fingerprint density at radius 3 is 2.79 bits per heavy atom. The van der Waals surface area contributed by atoms with E-state index >= 15 is 0 Å². The zero-order chi connectivity index (χ0) is 13.8. The zero-order valence-corrected chi connectivity index (χ0v) is 12.3. The minimum absolute atomic E-state index is 0.0598. The zero-order valence-electron chi connectivity index (χ0n) is 11.4. The number of nitrogens with one attached hydrogen (secondary N) is 1. The van der Waals surface area contributed by atoms with E-state index in [0.29, 0.717) is 17.9 Å². The average molecular weight is 278 g/mol. The first-order valence-electron chi connectivity index (χ1n) is 6.32. The lowest BCUT2D eigenvalue weighted by atomic mass is 10.2. The fraction of sp³-hybridized carbons (Fsp3) is 0.429. The van der Waals surface area contributed by atoms with Crippen LogP contribution in [0.2, 0.25) is 0 Å². The van der Waals surface area contributed by atoms with Crippen molar-refractivity contribution in [2.24, 2.45) is 0 Å². The van der Waals surface area contributed by atoms with Gasteiger partial charge >= 0.3 is 0 Å². The van der Waals surface area contributed by atoms with Crippen LogP contribution in [0.4, 0.5) is 0 Å². The van der Waals surface area contributed by atoms with Gasteiger partial charge in [-0.15, -0.1) is 11.3 Å². The first-order valence-corrected chi connectivity index (χ1v) is 7.20. The van der Waals surface area contributed by atoms with Gasteiger partial charge in [0.15, 0.2) is 0 Å². The van der Waals surface area contributed by atoms with Gasteiger partial charge in [-0.1, -0.05) is 0 Å². The molecule has 2 heterocycles. The van der Waals surface area contributed by atoms with Crippen molar-refractivity contribution < 1.29 is 9.21 Å². The summed E-state index contributed by atoms with van der Waals surface area (Å²) in [6.45, 7) is 6.33. The minimum Gasteiger partial charge on any atom is -0.466 e. The van der Waals surface area contributed by atoms with E-state index < -0.39 is 0 Å². The number of furan rings is 1. The number of carbonyl (C=O) groups excluding carboxylic acids is 1. The summed E-state index contributed by atoms with van der Waals surface area (Å²) >= 11 is 1.67. The van der Waals surface area contributed by atoms with Crippen LogP contribution in [-0.2, 0) is 6.42 Å². The van der Waals surface area contributed by atoms with Crippen LogP contribution < -0.4 is 5.32 Å². The van der Waals surface area contributed by atoms with Crippen molar-refractivity contribution in [1.82, 2.24) is 10.3 Å². The van der Waals surface area contributed by atoms with Gasteiger partial charge in [-0.25, -0.2) is 4.98 Å². The van der Waals surface area contributed by atoms with E-state index in [9.17, 15) is 4.79 Å². The maximum atomic E-state index is 11.9. The lowest BCUT2D eigenvalue weighted by Gasteiger charge is -2.03. The second-order valence-corrected chi connectivity index (χ2v) is 5.49. The molecule has 2 rings (SSSR count). The fourth-order valence-corrected chi connectivity index (χ4v) is 2.79. The molecule has 0 aromatic carbocycles. The van der Waals surface area contributed by atoms with Crippen molar-refractivity contribution in [2.75, 3.05) is 6.54 Å². The molecule has 0 unspecified atom stereocenters. The number of thiazole rings is 1. The van der Waals surface area contributed by atoms with Crippen molar-refractivity contribution in [3.63, 3.8) is 0 Å². The molecule has 4 nitrogen and oxygen atoms in total. The van der Waals surface area contributed by atoms with Crippen LogP contribution in [0.25, 0.3) is 0 Å². The maximum absolute atomic E-state index is 11.9. The third-order valence-electron chi connectivity index (χ3n) is 3.00. The summed E-state index contributed by atoms with van der Waals surface area (Å²) in [5.74, 6) is 1.38. The van der Waals surface area contributed by atoms with Crippen molar-refractivity contribution in [1.29, 1.82) is 0 Å². The molecule has 0 fully saturated rings. The van der Waals surface area contributed by atoms with Crippen LogP contribution in [-0.4, -0.2) is 17.4 Å². The van der Waals surface area contributed by atoms with Crippen LogP contribution in [0.3, 0.4) is 0 Å². The van der Waals surface area contributed by atoms with Gasteiger partial charge in [0.25, 0.3) is 5.91 Å². The SMILES string of the molecule is Cc1cc(C(=O)NCCCc2scnc2C)c(C)o1. The fourth-order valence-electron chi connectivity index (χ4n) is 1.97. The van der Waals surface area contributed by atoms with Gasteiger partial charge in [0.05, 0.1) is 16.8 Å². The highest BCUT2D eigenvalue weighted by Crippen LogP contribution is 2.15. The first kappa shape index (κ1) is 13.8. The molecule has 0 radical (unpaired) electrons. The molecule has 0 aliphatic heterocycles. The van der Waals surface area contributed by atoms with Crippen LogP contribution in [0, 0.1) is 20.8 Å². The summed E-state index contributed by atoms with van der Waals surface area (Å²) in [4.78, 5) is 17.4. The van der Waals surface area contributed by atoms with Crippen molar-refractivity contribution in [3.05, 3.63) is 39.2 Å². The summed E-state index contributed by atoms with van der Waals surface area (Å²) in [6.07, 6.45) is 1.88. The van der Waals surface area contributed by atoms with Gasteiger partial charge in [0.1, 0.15) is 11.5 Å². The first-order chi connectivity index (χ1) is 9.08. The molecule has 102 valence electrons. The molecule has 0 aliphatic rings. The van der Waals surface area contributed by atoms with Crippen molar-refractivity contribution in [2.45, 2.75) is 33.6 Å². The standard InChI is InChI=1S/C14H18N2O2S/c1-9-7-12(11(3)18-9)14(17)15-6-4-5-13-10(2)16-8-19-13/h7-8H,4-6H2,1-3H3,(H,15,17). The number of aryl methyl sites for hydroxylation is 4. The van der Waals surface area contributed by atoms with E-state index in [1.807, 2.05) is 26.3 Å². The highest BCUT2D eigenvalue weighted by Gasteiger charge is 2.12. The maximum Gasteiger partial charge on any atom is 0.254 e. The summed E-state index contributed by atoms with van der Waals surface area (Å²) < 4.78 is 5.35. The second kappa shape index (κ2) is 6.02. The molecule has 2 aromatic rings. The van der Waals surface area contributed by atoms with E-state index in [0.717, 1.165) is 24.3 Å². The lowest BCUT2D eigenvalue weighted by molar-refractivity contribution is 0.0952. The molecule has 1 N–H and O–H groups in total. The number of hydrogen-bond donors (Lipinski definition) is 1. The molecule has 0 atom stereocenters. The Hall–Kier alpha value is -1.62. The average Bonchev–Trinajstić information content (AvgIpc) is 2.91. The Labute approximate surface area is 116 Å². The third kappa shape index (κ3) is 3.44. The molecule has 1 amide bonds. The quantitative estimate of drug-likeness (QED) is 0.855. The van der Waals surface area contributed by atoms with Crippen LogP contribution in [0.1, 0.15) is 38.9 Å². The largest absolute Gasteiger partial charge is 0.466 e. The lowest BCUT2D eigenvalue weighted by Crippen LogP contribution is -2.24. The van der Waals surface area contributed by atoms with Crippen molar-refractivity contribution in [3.8, 4) is 0 Å². The Morgan fingerprint density at radius 1 is 1.42 bits per heavy atom. The Balaban J connectivity index is 1.78. The molecule has 0 bridgehead atoms. The Bertz CT molecular complexity index is 572. The predicted octanol–water partition coefficient (Wildman–Crippen LogP) is 3.02. The van der Waals surface area contributed by atoms with Gasteiger partial charge in [0, 0.05) is 11.4 Å². The second-order valence-electron chi connectivity index (χ2n) is 4.55. The molecule has 19 heavy (non-hydrogen) atoms. The van der Waals surface area contributed by atoms with Gasteiger partial charge in [0.2, 0.25) is 0 Å². The third-order valence-corrected chi connectivity index (χ3v) is 3.99. The molecule has 0 saturated heterocycles. The Kier molecular flexibility index (Phi) is 4.37. The highest BCUT2D eigenvalue weighted by atomic mass is 32.1. The van der Waals surface area contributed by atoms with Gasteiger partial charge in [-0.3, -0.25) is 4.79 Å². The summed E-state index contributed by atoms with van der Waals surface area (Å²) in [6, 6.07) is 1.78. The molecule has 5 heteroatoms. The topological polar surface area (TPSA) is 55.1 Å². The number of carbonyl (C=O) groups is 1. The summed E-state index contributed by atoms with van der Waals surface area (Å²) in [5.41, 5.74) is 3.59. The number of nitrogens with zero attached hydrogens (tertiary/aromatic N) is 1. The normalized spacial score (nSPS) is 10.7. The number of aromatic nitrogens is 1. The molecule has 0 saturated carbocycles. The van der Waals surface area contributed by atoms with Gasteiger partial charge in [-0.2, -0.15) is 0 Å². The molecule has 2 aromatic heterocycles. The van der Waals surface area contributed by atoms with Crippen LogP contribution in [0.5, 0.6) is 0 Å². The molecular formula is C14H18N2O2S. The summed E-state index contributed by atoms with van der Waals surface area (Å²) in [5, 5.41) is 2.92. The van der Waals surface area contributed by atoms with E-state index in [2.05, 4.69) is 10.3 Å². The minimum atomic E-state index is -0.0598. The highest BCUT2D eigenvalue weighted by molar-refractivity contribution is 7.09. The van der Waals surface area contributed by atoms with E-state index in [4.69, 9.17) is 4.42 Å². The Morgan fingerprint density at radius 2 is 2.21 bits per heavy atom. The number of hydrogen-bond acceptors (Lipinski definition) is 4. The summed E-state index contributed by atoms with van der Waals surface area (Å²) in [7, 11) is 0. The molecule has 0 spiro atoms. The van der Waals surface area contributed by atoms with Crippen LogP contribution >= 0.6 is 11.3 Å². The van der Waals surface area contributed by atoms with E-state index in [-0.39, 0.29) is 5.91 Å². The van der Waals surface area contributed by atoms with E-state index in [1.54, 1.807) is 17.4 Å². The predicted molar refractivity (Wildman–Crippen MR) is 75.7 cm³/mol. The molecular weight excluding hydrogens is 260 g/mol. The van der Waals surface area contributed by atoms with E-state index in [1.165, 1.54) is 4.88 Å². The van der Waals surface area contributed by atoms with Crippen molar-refractivity contribution >= 4 is 17.2 Å². The number of rotatable bonds is 5. The number of amides is 1. The van der Waals surface area contributed by atoms with Gasteiger partial charge < -0.3 is 9.73 Å².